The SMILES string of the molecule is CCOc1ccc(Nc2cc(C(N)=S)cc(C)n2)cc1F. The van der Waals surface area contributed by atoms with Crippen LogP contribution in [0.5, 0.6) is 5.75 Å². The molecule has 110 valence electrons. The summed E-state index contributed by atoms with van der Waals surface area (Å²) >= 11 is 4.96. The maximum absolute atomic E-state index is 13.8. The number of nitrogens with zero attached hydrogens (tertiary/aromatic N) is 1. The van der Waals surface area contributed by atoms with Crippen LogP contribution in [0.15, 0.2) is 30.3 Å². The number of benzene rings is 1. The molecule has 2 rings (SSSR count). The molecular formula is C15H16FN3OS. The van der Waals surface area contributed by atoms with E-state index >= 15 is 0 Å². The van der Waals surface area contributed by atoms with Gasteiger partial charge in [-0.1, -0.05) is 12.2 Å². The highest BCUT2D eigenvalue weighted by Crippen LogP contribution is 2.23. The van der Waals surface area contributed by atoms with Crippen LogP contribution in [0, 0.1) is 12.7 Å². The topological polar surface area (TPSA) is 60.2 Å². The highest BCUT2D eigenvalue weighted by Gasteiger charge is 2.07. The highest BCUT2D eigenvalue weighted by atomic mass is 32.1. The molecular weight excluding hydrogens is 289 g/mol. The number of hydrogen-bond acceptors (Lipinski definition) is 4. The van der Waals surface area contributed by atoms with Crippen molar-refractivity contribution < 1.29 is 9.13 Å². The van der Waals surface area contributed by atoms with Gasteiger partial charge in [0.1, 0.15) is 10.8 Å². The van der Waals surface area contributed by atoms with E-state index in [1.54, 1.807) is 31.2 Å². The van der Waals surface area contributed by atoms with Crippen LogP contribution in [0.1, 0.15) is 18.2 Å². The van der Waals surface area contributed by atoms with Crippen LogP contribution in [-0.4, -0.2) is 16.6 Å². The zero-order valence-corrected chi connectivity index (χ0v) is 12.6. The second-order valence-electron chi connectivity index (χ2n) is 4.45. The maximum atomic E-state index is 13.8. The van der Waals surface area contributed by atoms with Crippen molar-refractivity contribution >= 4 is 28.7 Å². The zero-order chi connectivity index (χ0) is 15.4. The third kappa shape index (κ3) is 3.88. The lowest BCUT2D eigenvalue weighted by Gasteiger charge is -2.10. The first-order chi connectivity index (χ1) is 9.99. The van der Waals surface area contributed by atoms with Gasteiger partial charge in [0.05, 0.1) is 6.61 Å². The Morgan fingerprint density at radius 3 is 2.76 bits per heavy atom. The molecule has 0 radical (unpaired) electrons. The van der Waals surface area contributed by atoms with Gasteiger partial charge in [0, 0.05) is 23.0 Å². The number of anilines is 2. The number of ether oxygens (including phenoxy) is 1. The molecule has 0 aliphatic carbocycles. The van der Waals surface area contributed by atoms with Gasteiger partial charge >= 0.3 is 0 Å². The largest absolute Gasteiger partial charge is 0.491 e. The monoisotopic (exact) mass is 305 g/mol. The Bertz CT molecular complexity index is 676. The lowest BCUT2D eigenvalue weighted by molar-refractivity contribution is 0.321. The fourth-order valence-corrected chi connectivity index (χ4v) is 1.99. The van der Waals surface area contributed by atoms with E-state index in [1.807, 2.05) is 6.92 Å². The fourth-order valence-electron chi connectivity index (χ4n) is 1.87. The van der Waals surface area contributed by atoms with Gasteiger partial charge in [0.2, 0.25) is 0 Å². The standard InChI is InChI=1S/C15H16FN3OS/c1-3-20-13-5-4-11(8-12(13)16)19-14-7-10(15(17)21)6-9(2)18-14/h4-8H,3H2,1-2H3,(H2,17,21)(H,18,19). The summed E-state index contributed by atoms with van der Waals surface area (Å²) in [5.41, 5.74) is 7.68. The first-order valence-electron chi connectivity index (χ1n) is 6.47. The fraction of sp³-hybridized carbons (Fsp3) is 0.200. The zero-order valence-electron chi connectivity index (χ0n) is 11.8. The molecule has 0 amide bonds. The van der Waals surface area contributed by atoms with Crippen molar-refractivity contribution in [2.45, 2.75) is 13.8 Å². The van der Waals surface area contributed by atoms with Crippen LogP contribution in [0.4, 0.5) is 15.9 Å². The molecule has 4 nitrogen and oxygen atoms in total. The Morgan fingerprint density at radius 2 is 2.14 bits per heavy atom. The number of nitrogens with one attached hydrogen (secondary N) is 1. The van der Waals surface area contributed by atoms with Gasteiger partial charge in [-0.05, 0) is 38.1 Å². The second kappa shape index (κ2) is 6.49. The van der Waals surface area contributed by atoms with Crippen molar-refractivity contribution in [3.8, 4) is 5.75 Å². The van der Waals surface area contributed by atoms with E-state index in [1.165, 1.54) is 6.07 Å². The number of halogens is 1. The number of aryl methyl sites for hydroxylation is 1. The molecule has 0 aliphatic rings. The molecule has 0 fully saturated rings. The molecule has 0 saturated heterocycles. The van der Waals surface area contributed by atoms with Crippen LogP contribution >= 0.6 is 12.2 Å². The summed E-state index contributed by atoms with van der Waals surface area (Å²) < 4.78 is 19.0. The van der Waals surface area contributed by atoms with Crippen LogP contribution in [0.25, 0.3) is 0 Å². The summed E-state index contributed by atoms with van der Waals surface area (Å²) in [5.74, 6) is 0.356. The van der Waals surface area contributed by atoms with Crippen LogP contribution in [0.2, 0.25) is 0 Å². The average Bonchev–Trinajstić information content (AvgIpc) is 2.41. The summed E-state index contributed by atoms with van der Waals surface area (Å²) in [6.07, 6.45) is 0. The molecule has 1 heterocycles. The van der Waals surface area contributed by atoms with Gasteiger partial charge in [-0.25, -0.2) is 9.37 Å². The number of aromatic nitrogens is 1. The molecule has 0 saturated carbocycles. The third-order valence-corrected chi connectivity index (χ3v) is 2.98. The Balaban J connectivity index is 2.26. The lowest BCUT2D eigenvalue weighted by atomic mass is 10.2. The Morgan fingerprint density at radius 1 is 1.38 bits per heavy atom. The van der Waals surface area contributed by atoms with Crippen molar-refractivity contribution in [1.29, 1.82) is 0 Å². The number of nitrogens with two attached hydrogens (primary N) is 1. The minimum atomic E-state index is -0.427. The Hall–Kier alpha value is -2.21. The van der Waals surface area contributed by atoms with Crippen molar-refractivity contribution in [2.75, 3.05) is 11.9 Å². The van der Waals surface area contributed by atoms with E-state index in [0.717, 1.165) is 5.69 Å². The molecule has 0 atom stereocenters. The number of rotatable bonds is 5. The summed E-state index contributed by atoms with van der Waals surface area (Å²) in [6, 6.07) is 8.18. The van der Waals surface area contributed by atoms with Gasteiger partial charge < -0.3 is 15.8 Å². The predicted molar refractivity (Wildman–Crippen MR) is 85.7 cm³/mol. The molecule has 3 N–H and O–H groups in total. The smallest absolute Gasteiger partial charge is 0.167 e. The summed E-state index contributed by atoms with van der Waals surface area (Å²) in [6.45, 7) is 4.06. The van der Waals surface area contributed by atoms with E-state index in [0.29, 0.717) is 28.7 Å². The van der Waals surface area contributed by atoms with Crippen molar-refractivity contribution in [3.05, 3.63) is 47.4 Å². The normalized spacial score (nSPS) is 10.2. The number of pyridine rings is 1. The average molecular weight is 305 g/mol. The van der Waals surface area contributed by atoms with Crippen LogP contribution in [0.3, 0.4) is 0 Å². The Labute approximate surface area is 128 Å². The highest BCUT2D eigenvalue weighted by molar-refractivity contribution is 7.80. The summed E-state index contributed by atoms with van der Waals surface area (Å²) in [4.78, 5) is 4.61. The van der Waals surface area contributed by atoms with E-state index in [-0.39, 0.29) is 5.75 Å². The van der Waals surface area contributed by atoms with Gasteiger partial charge in [-0.3, -0.25) is 0 Å². The van der Waals surface area contributed by atoms with Crippen molar-refractivity contribution in [3.63, 3.8) is 0 Å². The molecule has 1 aromatic heterocycles. The van der Waals surface area contributed by atoms with Gasteiger partial charge in [-0.15, -0.1) is 0 Å². The predicted octanol–water partition coefficient (Wildman–Crippen LogP) is 3.31. The lowest BCUT2D eigenvalue weighted by Crippen LogP contribution is -2.10. The van der Waals surface area contributed by atoms with Gasteiger partial charge in [0.25, 0.3) is 0 Å². The molecule has 6 heteroatoms. The molecule has 1 aromatic carbocycles. The molecule has 0 spiro atoms. The molecule has 0 aliphatic heterocycles. The van der Waals surface area contributed by atoms with Gasteiger partial charge in [0.15, 0.2) is 11.6 Å². The van der Waals surface area contributed by atoms with E-state index in [9.17, 15) is 4.39 Å². The summed E-state index contributed by atoms with van der Waals surface area (Å²) in [7, 11) is 0. The first kappa shape index (κ1) is 15.2. The first-order valence-corrected chi connectivity index (χ1v) is 6.88. The number of thiocarbonyl (C=S) groups is 1. The second-order valence-corrected chi connectivity index (χ2v) is 4.89. The number of hydrogen-bond donors (Lipinski definition) is 2. The molecule has 21 heavy (non-hydrogen) atoms. The van der Waals surface area contributed by atoms with Crippen molar-refractivity contribution in [1.82, 2.24) is 4.98 Å². The van der Waals surface area contributed by atoms with Crippen LogP contribution in [-0.2, 0) is 0 Å². The minimum absolute atomic E-state index is 0.226. The molecule has 2 aromatic rings. The third-order valence-electron chi connectivity index (χ3n) is 2.74. The van der Waals surface area contributed by atoms with E-state index < -0.39 is 5.82 Å². The minimum Gasteiger partial charge on any atom is -0.491 e. The van der Waals surface area contributed by atoms with Crippen molar-refractivity contribution in [2.24, 2.45) is 5.73 Å². The van der Waals surface area contributed by atoms with Gasteiger partial charge in [-0.2, -0.15) is 0 Å². The van der Waals surface area contributed by atoms with E-state index in [4.69, 9.17) is 22.7 Å². The quantitative estimate of drug-likeness (QED) is 0.830. The molecule has 0 unspecified atom stereocenters. The maximum Gasteiger partial charge on any atom is 0.167 e. The van der Waals surface area contributed by atoms with E-state index in [2.05, 4.69) is 10.3 Å². The Kier molecular flexibility index (Phi) is 4.70. The summed E-state index contributed by atoms with van der Waals surface area (Å²) in [5, 5.41) is 3.03. The van der Waals surface area contributed by atoms with Crippen LogP contribution < -0.4 is 15.8 Å². The molecule has 0 bridgehead atoms.